The van der Waals surface area contributed by atoms with Gasteiger partial charge in [0.15, 0.2) is 0 Å². The highest BCUT2D eigenvalue weighted by Gasteiger charge is 2.08. The van der Waals surface area contributed by atoms with E-state index >= 15 is 0 Å². The lowest BCUT2D eigenvalue weighted by Gasteiger charge is -2.07. The Balaban J connectivity index is 2.63. The van der Waals surface area contributed by atoms with Gasteiger partial charge in [0.2, 0.25) is 0 Å². The first-order valence-electron chi connectivity index (χ1n) is 5.14. The van der Waals surface area contributed by atoms with E-state index in [0.29, 0.717) is 16.7 Å². The Bertz CT molecular complexity index is 512. The van der Waals surface area contributed by atoms with Crippen LogP contribution in [0.1, 0.15) is 11.1 Å². The van der Waals surface area contributed by atoms with Crippen molar-refractivity contribution in [1.82, 2.24) is 0 Å². The molecule has 0 fully saturated rings. The molecule has 82 valence electrons. The molecule has 0 heterocycles. The van der Waals surface area contributed by atoms with Crippen molar-refractivity contribution in [1.29, 1.82) is 0 Å². The minimum atomic E-state index is -0.229. The lowest BCUT2D eigenvalue weighted by atomic mass is 10.0. The van der Waals surface area contributed by atoms with Gasteiger partial charge in [-0.1, -0.05) is 24.3 Å². The van der Waals surface area contributed by atoms with E-state index in [-0.39, 0.29) is 11.6 Å². The van der Waals surface area contributed by atoms with Gasteiger partial charge in [0.25, 0.3) is 0 Å². The second-order valence-electron chi connectivity index (χ2n) is 3.99. The van der Waals surface area contributed by atoms with Gasteiger partial charge in [-0.05, 0) is 42.7 Å². The van der Waals surface area contributed by atoms with Crippen LogP contribution in [0.5, 0.6) is 5.75 Å². The van der Waals surface area contributed by atoms with Crippen LogP contribution in [-0.4, -0.2) is 5.11 Å². The molecule has 0 atom stereocenters. The summed E-state index contributed by atoms with van der Waals surface area (Å²) in [5, 5.41) is 9.49. The summed E-state index contributed by atoms with van der Waals surface area (Å²) in [6.07, 6.45) is 0. The summed E-state index contributed by atoms with van der Waals surface area (Å²) in [5.74, 6) is -0.0663. The molecule has 2 heteroatoms. The van der Waals surface area contributed by atoms with Gasteiger partial charge >= 0.3 is 0 Å². The van der Waals surface area contributed by atoms with Crippen molar-refractivity contribution in [2.24, 2.45) is 0 Å². The smallest absolute Gasteiger partial charge is 0.133 e. The van der Waals surface area contributed by atoms with Gasteiger partial charge in [0.1, 0.15) is 11.6 Å². The molecular weight excluding hydrogens is 203 g/mol. The van der Waals surface area contributed by atoms with Crippen LogP contribution in [0, 0.1) is 19.7 Å². The highest BCUT2D eigenvalue weighted by Crippen LogP contribution is 2.28. The standard InChI is InChI=1S/C14H13FO/c1-9-6-11(8-12(16)7-9)13-5-3-4-10(2)14(13)15/h3-8,16H,1-2H3. The predicted molar refractivity (Wildman–Crippen MR) is 63.0 cm³/mol. The SMILES string of the molecule is Cc1cc(O)cc(-c2cccc(C)c2F)c1. The topological polar surface area (TPSA) is 20.2 Å². The molecule has 0 aliphatic rings. The first-order valence-corrected chi connectivity index (χ1v) is 5.14. The molecule has 0 aromatic heterocycles. The average molecular weight is 216 g/mol. The normalized spacial score (nSPS) is 10.4. The van der Waals surface area contributed by atoms with Crippen LogP contribution in [0.15, 0.2) is 36.4 Å². The number of phenols is 1. The third-order valence-corrected chi connectivity index (χ3v) is 2.56. The van der Waals surface area contributed by atoms with Gasteiger partial charge in [-0.3, -0.25) is 0 Å². The Labute approximate surface area is 94.2 Å². The lowest BCUT2D eigenvalue weighted by Crippen LogP contribution is -1.88. The van der Waals surface area contributed by atoms with E-state index in [4.69, 9.17) is 0 Å². The maximum absolute atomic E-state index is 13.9. The number of aryl methyl sites for hydroxylation is 2. The molecule has 0 bridgehead atoms. The van der Waals surface area contributed by atoms with E-state index in [1.807, 2.05) is 19.1 Å². The summed E-state index contributed by atoms with van der Waals surface area (Å²) in [7, 11) is 0. The molecule has 1 nitrogen and oxygen atoms in total. The van der Waals surface area contributed by atoms with Crippen LogP contribution < -0.4 is 0 Å². The average Bonchev–Trinajstić information content (AvgIpc) is 2.20. The maximum atomic E-state index is 13.9. The molecule has 1 N–H and O–H groups in total. The Kier molecular flexibility index (Phi) is 2.65. The van der Waals surface area contributed by atoms with E-state index in [0.717, 1.165) is 5.56 Å². The molecular formula is C14H13FO. The van der Waals surface area contributed by atoms with Crippen molar-refractivity contribution in [3.63, 3.8) is 0 Å². The van der Waals surface area contributed by atoms with Gasteiger partial charge in [0, 0.05) is 5.56 Å². The summed E-state index contributed by atoms with van der Waals surface area (Å²) in [4.78, 5) is 0. The predicted octanol–water partition coefficient (Wildman–Crippen LogP) is 3.82. The first-order chi connectivity index (χ1) is 7.58. The lowest BCUT2D eigenvalue weighted by molar-refractivity contribution is 0.475. The third-order valence-electron chi connectivity index (χ3n) is 2.56. The molecule has 0 unspecified atom stereocenters. The molecule has 16 heavy (non-hydrogen) atoms. The molecule has 0 aliphatic carbocycles. The molecule has 2 aromatic rings. The largest absolute Gasteiger partial charge is 0.508 e. The van der Waals surface area contributed by atoms with Crippen molar-refractivity contribution in [3.05, 3.63) is 53.3 Å². The quantitative estimate of drug-likeness (QED) is 0.768. The van der Waals surface area contributed by atoms with Gasteiger partial charge in [0.05, 0.1) is 0 Å². The third kappa shape index (κ3) is 1.91. The minimum absolute atomic E-state index is 0.163. The zero-order chi connectivity index (χ0) is 11.7. The molecule has 2 rings (SSSR count). The number of aromatic hydroxyl groups is 1. The molecule has 0 radical (unpaired) electrons. The number of rotatable bonds is 1. The van der Waals surface area contributed by atoms with Crippen molar-refractivity contribution in [2.75, 3.05) is 0 Å². The Morgan fingerprint density at radius 1 is 1.06 bits per heavy atom. The first kappa shape index (κ1) is 10.7. The molecule has 0 spiro atoms. The second-order valence-corrected chi connectivity index (χ2v) is 3.99. The molecule has 0 amide bonds. The monoisotopic (exact) mass is 216 g/mol. The summed E-state index contributed by atoms with van der Waals surface area (Å²) in [6, 6.07) is 10.3. The minimum Gasteiger partial charge on any atom is -0.508 e. The summed E-state index contributed by atoms with van der Waals surface area (Å²) >= 11 is 0. The molecule has 0 aliphatic heterocycles. The highest BCUT2D eigenvalue weighted by molar-refractivity contribution is 5.67. The zero-order valence-corrected chi connectivity index (χ0v) is 9.29. The number of hydrogen-bond acceptors (Lipinski definition) is 1. The number of benzene rings is 2. The fourth-order valence-corrected chi connectivity index (χ4v) is 1.79. The van der Waals surface area contributed by atoms with Crippen LogP contribution in [0.4, 0.5) is 4.39 Å². The number of hydrogen-bond donors (Lipinski definition) is 1. The molecule has 0 saturated heterocycles. The van der Waals surface area contributed by atoms with E-state index < -0.39 is 0 Å². The Morgan fingerprint density at radius 2 is 1.81 bits per heavy atom. The van der Waals surface area contributed by atoms with E-state index in [2.05, 4.69) is 0 Å². The van der Waals surface area contributed by atoms with Crippen molar-refractivity contribution < 1.29 is 9.50 Å². The van der Waals surface area contributed by atoms with Crippen molar-refractivity contribution in [2.45, 2.75) is 13.8 Å². The van der Waals surface area contributed by atoms with Crippen LogP contribution in [-0.2, 0) is 0 Å². The Morgan fingerprint density at radius 3 is 2.50 bits per heavy atom. The molecule has 2 aromatic carbocycles. The van der Waals surface area contributed by atoms with Crippen LogP contribution >= 0.6 is 0 Å². The van der Waals surface area contributed by atoms with E-state index in [1.54, 1.807) is 31.2 Å². The van der Waals surface area contributed by atoms with Gasteiger partial charge in [-0.15, -0.1) is 0 Å². The van der Waals surface area contributed by atoms with Crippen molar-refractivity contribution >= 4 is 0 Å². The van der Waals surface area contributed by atoms with Crippen LogP contribution in [0.3, 0.4) is 0 Å². The maximum Gasteiger partial charge on any atom is 0.133 e. The van der Waals surface area contributed by atoms with Gasteiger partial charge < -0.3 is 5.11 Å². The second kappa shape index (κ2) is 3.97. The summed E-state index contributed by atoms with van der Waals surface area (Å²) < 4.78 is 13.9. The Hall–Kier alpha value is -1.83. The van der Waals surface area contributed by atoms with Gasteiger partial charge in [-0.2, -0.15) is 0 Å². The summed E-state index contributed by atoms with van der Waals surface area (Å²) in [6.45, 7) is 3.60. The van der Waals surface area contributed by atoms with Crippen LogP contribution in [0.2, 0.25) is 0 Å². The zero-order valence-electron chi connectivity index (χ0n) is 9.29. The fraction of sp³-hybridized carbons (Fsp3) is 0.143. The highest BCUT2D eigenvalue weighted by atomic mass is 19.1. The molecule has 0 saturated carbocycles. The van der Waals surface area contributed by atoms with Crippen LogP contribution in [0.25, 0.3) is 11.1 Å². The van der Waals surface area contributed by atoms with Crippen molar-refractivity contribution in [3.8, 4) is 16.9 Å². The summed E-state index contributed by atoms with van der Waals surface area (Å²) in [5.41, 5.74) is 2.76. The van der Waals surface area contributed by atoms with E-state index in [9.17, 15) is 9.50 Å². The number of halogens is 1. The fourth-order valence-electron chi connectivity index (χ4n) is 1.79. The number of phenolic OH excluding ortho intramolecular Hbond substituents is 1. The van der Waals surface area contributed by atoms with E-state index in [1.165, 1.54) is 0 Å². The van der Waals surface area contributed by atoms with Gasteiger partial charge in [-0.25, -0.2) is 4.39 Å².